The van der Waals surface area contributed by atoms with Crippen LogP contribution in [0.4, 0.5) is 0 Å². The predicted molar refractivity (Wildman–Crippen MR) is 90.7 cm³/mol. The molecule has 1 heterocycles. The molecule has 0 aromatic carbocycles. The number of aliphatic hydroxyl groups is 1. The highest BCUT2D eigenvalue weighted by Gasteiger charge is 2.40. The van der Waals surface area contributed by atoms with Gasteiger partial charge >= 0.3 is 5.97 Å². The molecule has 0 radical (unpaired) electrons. The number of hydrogen-bond acceptors (Lipinski definition) is 3. The van der Waals surface area contributed by atoms with E-state index in [1.54, 1.807) is 6.92 Å². The molecular weight excluding hydrogens is 276 g/mol. The van der Waals surface area contributed by atoms with Crippen LogP contribution in [0, 0.1) is 5.92 Å². The van der Waals surface area contributed by atoms with Crippen molar-refractivity contribution in [1.82, 2.24) is 0 Å². The number of ether oxygens (including phenoxy) is 1. The molecule has 22 heavy (non-hydrogen) atoms. The van der Waals surface area contributed by atoms with E-state index in [9.17, 15) is 9.90 Å². The SMILES string of the molecule is CCCCCCCCCCCCCC[C@H]1C(=O)O[C@H](C)[C@@H]1O. The van der Waals surface area contributed by atoms with Crippen molar-refractivity contribution in [3.63, 3.8) is 0 Å². The van der Waals surface area contributed by atoms with Gasteiger partial charge in [0.25, 0.3) is 0 Å². The maximum absolute atomic E-state index is 11.5. The topological polar surface area (TPSA) is 46.5 Å². The minimum absolute atomic E-state index is 0.205. The van der Waals surface area contributed by atoms with Gasteiger partial charge in [0.2, 0.25) is 0 Å². The summed E-state index contributed by atoms with van der Waals surface area (Å²) in [6.07, 6.45) is 15.7. The summed E-state index contributed by atoms with van der Waals surface area (Å²) in [5.41, 5.74) is 0. The first-order chi connectivity index (χ1) is 10.7. The average molecular weight is 312 g/mol. The lowest BCUT2D eigenvalue weighted by Crippen LogP contribution is -2.24. The van der Waals surface area contributed by atoms with E-state index in [-0.39, 0.29) is 18.0 Å². The highest BCUT2D eigenvalue weighted by molar-refractivity contribution is 5.75. The number of carbonyl (C=O) groups is 1. The molecule has 0 aliphatic carbocycles. The van der Waals surface area contributed by atoms with Crippen LogP contribution in [-0.4, -0.2) is 23.3 Å². The van der Waals surface area contributed by atoms with E-state index < -0.39 is 6.10 Å². The largest absolute Gasteiger partial charge is 0.460 e. The monoisotopic (exact) mass is 312 g/mol. The van der Waals surface area contributed by atoms with E-state index in [0.717, 1.165) is 12.8 Å². The minimum atomic E-state index is -0.597. The first-order valence-corrected chi connectivity index (χ1v) is 9.55. The second kappa shape index (κ2) is 11.9. The minimum Gasteiger partial charge on any atom is -0.460 e. The van der Waals surface area contributed by atoms with Gasteiger partial charge in [-0.25, -0.2) is 0 Å². The van der Waals surface area contributed by atoms with Crippen LogP contribution < -0.4 is 0 Å². The first-order valence-electron chi connectivity index (χ1n) is 9.55. The van der Waals surface area contributed by atoms with E-state index >= 15 is 0 Å². The van der Waals surface area contributed by atoms with Crippen LogP contribution in [-0.2, 0) is 9.53 Å². The van der Waals surface area contributed by atoms with E-state index in [1.807, 2.05) is 0 Å². The first kappa shape index (κ1) is 19.5. The summed E-state index contributed by atoms with van der Waals surface area (Å²) >= 11 is 0. The molecule has 1 aliphatic rings. The Balaban J connectivity index is 1.85. The molecule has 3 nitrogen and oxygen atoms in total. The fraction of sp³-hybridized carbons (Fsp3) is 0.947. The van der Waals surface area contributed by atoms with E-state index in [0.29, 0.717) is 0 Å². The van der Waals surface area contributed by atoms with Crippen molar-refractivity contribution in [2.24, 2.45) is 5.92 Å². The van der Waals surface area contributed by atoms with Gasteiger partial charge in [0.1, 0.15) is 12.2 Å². The fourth-order valence-corrected chi connectivity index (χ4v) is 3.30. The summed E-state index contributed by atoms with van der Waals surface area (Å²) in [6.45, 7) is 4.03. The zero-order valence-corrected chi connectivity index (χ0v) is 14.7. The fourth-order valence-electron chi connectivity index (χ4n) is 3.30. The molecule has 130 valence electrons. The van der Waals surface area contributed by atoms with Crippen molar-refractivity contribution >= 4 is 5.97 Å². The van der Waals surface area contributed by atoms with Crippen LogP contribution in [0.5, 0.6) is 0 Å². The number of aliphatic hydroxyl groups excluding tert-OH is 1. The summed E-state index contributed by atoms with van der Waals surface area (Å²) in [7, 11) is 0. The summed E-state index contributed by atoms with van der Waals surface area (Å²) in [5, 5.41) is 9.86. The van der Waals surface area contributed by atoms with Crippen molar-refractivity contribution in [3.8, 4) is 0 Å². The molecule has 0 amide bonds. The standard InChI is InChI=1S/C19H36O3/c1-3-4-5-6-7-8-9-10-11-12-13-14-15-17-18(20)16(2)22-19(17)21/h16-18,20H,3-15H2,1-2H3/t16-,17-,18+/m1/s1. The van der Waals surface area contributed by atoms with E-state index in [4.69, 9.17) is 4.74 Å². The van der Waals surface area contributed by atoms with Crippen molar-refractivity contribution in [1.29, 1.82) is 0 Å². The Morgan fingerprint density at radius 2 is 1.32 bits per heavy atom. The van der Waals surface area contributed by atoms with Gasteiger partial charge in [0, 0.05) is 0 Å². The van der Waals surface area contributed by atoms with E-state index in [2.05, 4.69) is 6.92 Å². The molecule has 1 N–H and O–H groups in total. The van der Waals surface area contributed by atoms with Crippen molar-refractivity contribution < 1.29 is 14.6 Å². The van der Waals surface area contributed by atoms with Gasteiger partial charge in [0.05, 0.1) is 5.92 Å². The van der Waals surface area contributed by atoms with E-state index in [1.165, 1.54) is 70.6 Å². The molecule has 0 aromatic rings. The van der Waals surface area contributed by atoms with Crippen molar-refractivity contribution in [2.75, 3.05) is 0 Å². The van der Waals surface area contributed by atoms with Crippen LogP contribution in [0.15, 0.2) is 0 Å². The lowest BCUT2D eigenvalue weighted by Gasteiger charge is -2.11. The van der Waals surface area contributed by atoms with Crippen LogP contribution in [0.2, 0.25) is 0 Å². The summed E-state index contributed by atoms with van der Waals surface area (Å²) in [4.78, 5) is 11.5. The Hall–Kier alpha value is -0.570. The lowest BCUT2D eigenvalue weighted by atomic mass is 9.95. The highest BCUT2D eigenvalue weighted by atomic mass is 16.6. The van der Waals surface area contributed by atoms with Crippen molar-refractivity contribution in [2.45, 2.75) is 110 Å². The number of esters is 1. The molecular formula is C19H36O3. The normalized spacial score (nSPS) is 24.7. The van der Waals surface area contributed by atoms with Crippen LogP contribution in [0.3, 0.4) is 0 Å². The molecule has 3 atom stereocenters. The average Bonchev–Trinajstić information content (AvgIpc) is 2.74. The molecule has 0 bridgehead atoms. The predicted octanol–water partition coefficient (Wildman–Crippen LogP) is 5.00. The maximum Gasteiger partial charge on any atom is 0.312 e. The molecule has 0 aromatic heterocycles. The molecule has 0 spiro atoms. The zero-order valence-electron chi connectivity index (χ0n) is 14.7. The molecule has 1 rings (SSSR count). The van der Waals surface area contributed by atoms with Gasteiger partial charge in [-0.2, -0.15) is 0 Å². The van der Waals surface area contributed by atoms with Gasteiger partial charge in [0.15, 0.2) is 0 Å². The van der Waals surface area contributed by atoms with Crippen LogP contribution in [0.25, 0.3) is 0 Å². The molecule has 0 unspecified atom stereocenters. The quantitative estimate of drug-likeness (QED) is 0.384. The second-order valence-electron chi connectivity index (χ2n) is 6.92. The number of unbranched alkanes of at least 4 members (excludes halogenated alkanes) is 11. The van der Waals surface area contributed by atoms with Gasteiger partial charge in [-0.05, 0) is 13.3 Å². The molecule has 1 saturated heterocycles. The third-order valence-corrected chi connectivity index (χ3v) is 4.87. The molecule has 0 saturated carbocycles. The molecule has 1 fully saturated rings. The number of cyclic esters (lactones) is 1. The Kier molecular flexibility index (Phi) is 10.6. The number of rotatable bonds is 13. The van der Waals surface area contributed by atoms with Crippen molar-refractivity contribution in [3.05, 3.63) is 0 Å². The third kappa shape index (κ3) is 7.62. The maximum atomic E-state index is 11.5. The van der Waals surface area contributed by atoms with Gasteiger partial charge < -0.3 is 9.84 Å². The van der Waals surface area contributed by atoms with Gasteiger partial charge in [-0.3, -0.25) is 4.79 Å². The van der Waals surface area contributed by atoms with Gasteiger partial charge in [-0.15, -0.1) is 0 Å². The van der Waals surface area contributed by atoms with Gasteiger partial charge in [-0.1, -0.05) is 84.0 Å². The summed E-state index contributed by atoms with van der Waals surface area (Å²) in [5.74, 6) is -0.485. The number of hydrogen-bond donors (Lipinski definition) is 1. The molecule has 3 heteroatoms. The smallest absolute Gasteiger partial charge is 0.312 e. The summed E-state index contributed by atoms with van der Waals surface area (Å²) in [6, 6.07) is 0. The zero-order chi connectivity index (χ0) is 16.2. The highest BCUT2D eigenvalue weighted by Crippen LogP contribution is 2.26. The number of carbonyl (C=O) groups excluding carboxylic acids is 1. The Morgan fingerprint density at radius 3 is 1.73 bits per heavy atom. The molecule has 1 aliphatic heterocycles. The Labute approximate surface area is 136 Å². The third-order valence-electron chi connectivity index (χ3n) is 4.87. The summed E-state index contributed by atoms with van der Waals surface area (Å²) < 4.78 is 5.05. The Morgan fingerprint density at radius 1 is 0.864 bits per heavy atom. The lowest BCUT2D eigenvalue weighted by molar-refractivity contribution is -0.143. The Bertz CT molecular complexity index is 290. The van der Waals surface area contributed by atoms with Crippen LogP contribution >= 0.6 is 0 Å². The second-order valence-corrected chi connectivity index (χ2v) is 6.92. The van der Waals surface area contributed by atoms with Crippen LogP contribution in [0.1, 0.15) is 97.3 Å².